The average Bonchev–Trinajstić information content (AvgIpc) is 3.26. The summed E-state index contributed by atoms with van der Waals surface area (Å²) in [6.07, 6.45) is 2.68. The number of aromatic amines is 1. The summed E-state index contributed by atoms with van der Waals surface area (Å²) >= 11 is 0. The summed E-state index contributed by atoms with van der Waals surface area (Å²) in [4.78, 5) is 24.1. The molecule has 0 aliphatic heterocycles. The molecule has 3 atom stereocenters. The number of aryl methyl sites for hydroxylation is 1. The Balaban J connectivity index is 1.27. The molecule has 1 amide bonds. The summed E-state index contributed by atoms with van der Waals surface area (Å²) in [5.74, 6) is -0.0283. The monoisotopic (exact) mass is 457 g/mol. The molecule has 3 aromatic rings. The van der Waals surface area contributed by atoms with Crippen LogP contribution in [0.15, 0.2) is 36.7 Å². The Morgan fingerprint density at radius 1 is 1.12 bits per heavy atom. The van der Waals surface area contributed by atoms with Crippen LogP contribution in [0.5, 0.6) is 0 Å². The number of rotatable bonds is 4. The molecule has 5 rings (SSSR count). The molecule has 2 aliphatic carbocycles. The lowest BCUT2D eigenvalue weighted by atomic mass is 9.87. The Bertz CT molecular complexity index is 1160. The highest BCUT2D eigenvalue weighted by molar-refractivity contribution is 5.91. The molecule has 1 aromatic carbocycles. The lowest BCUT2D eigenvalue weighted by Crippen LogP contribution is -2.45. The van der Waals surface area contributed by atoms with Crippen molar-refractivity contribution in [3.63, 3.8) is 0 Å². The molecule has 2 aromatic heterocycles. The number of alkyl halides is 3. The fourth-order valence-electron chi connectivity index (χ4n) is 5.06. The Labute approximate surface area is 189 Å². The topological polar surface area (TPSA) is 82.7 Å². The minimum absolute atomic E-state index is 0.00195. The zero-order chi connectivity index (χ0) is 23.0. The summed E-state index contributed by atoms with van der Waals surface area (Å²) in [6.45, 7) is 0. The van der Waals surface area contributed by atoms with Crippen molar-refractivity contribution in [3.8, 4) is 0 Å². The molecular weight excluding hydrogens is 431 g/mol. The highest BCUT2D eigenvalue weighted by Crippen LogP contribution is 2.34. The van der Waals surface area contributed by atoms with Gasteiger partial charge in [-0.2, -0.15) is 13.2 Å². The van der Waals surface area contributed by atoms with Gasteiger partial charge in [0.15, 0.2) is 0 Å². The van der Waals surface area contributed by atoms with Gasteiger partial charge in [-0.3, -0.25) is 4.79 Å². The lowest BCUT2D eigenvalue weighted by molar-refractivity contribution is -0.140. The van der Waals surface area contributed by atoms with Crippen LogP contribution in [0.1, 0.15) is 49.2 Å². The summed E-state index contributed by atoms with van der Waals surface area (Å²) in [6, 6.07) is 7.91. The van der Waals surface area contributed by atoms with Gasteiger partial charge < -0.3 is 15.6 Å². The van der Waals surface area contributed by atoms with Crippen molar-refractivity contribution in [3.05, 3.63) is 53.7 Å². The maximum absolute atomic E-state index is 13.4. The molecular formula is C24H26F3N5O. The van der Waals surface area contributed by atoms with E-state index in [1.54, 1.807) is 30.6 Å². The van der Waals surface area contributed by atoms with E-state index < -0.39 is 11.9 Å². The normalized spacial score (nSPS) is 23.2. The SMILES string of the molecule is O=C(N[C@@H]1CCC[C@H](Nc2cc(C(F)(F)F)nc3ccccc23)C1)C1CCc2nc[nH]c2C1. The molecule has 3 N–H and O–H groups in total. The van der Waals surface area contributed by atoms with Crippen molar-refractivity contribution in [2.45, 2.75) is 63.2 Å². The predicted molar refractivity (Wildman–Crippen MR) is 119 cm³/mol. The van der Waals surface area contributed by atoms with Gasteiger partial charge in [0.25, 0.3) is 0 Å². The van der Waals surface area contributed by atoms with Gasteiger partial charge in [0.2, 0.25) is 5.91 Å². The molecule has 33 heavy (non-hydrogen) atoms. The third-order valence-corrected chi connectivity index (χ3v) is 6.75. The minimum atomic E-state index is -4.52. The number of hydrogen-bond acceptors (Lipinski definition) is 4. The van der Waals surface area contributed by atoms with Gasteiger partial charge in [0, 0.05) is 41.2 Å². The van der Waals surface area contributed by atoms with Gasteiger partial charge in [-0.25, -0.2) is 9.97 Å². The van der Waals surface area contributed by atoms with Crippen molar-refractivity contribution in [1.82, 2.24) is 20.3 Å². The van der Waals surface area contributed by atoms with Crippen LogP contribution in [-0.2, 0) is 23.8 Å². The molecule has 0 bridgehead atoms. The number of amides is 1. The van der Waals surface area contributed by atoms with Crippen LogP contribution in [0, 0.1) is 5.92 Å². The van der Waals surface area contributed by atoms with Crippen LogP contribution in [0.4, 0.5) is 18.9 Å². The van der Waals surface area contributed by atoms with E-state index in [1.165, 1.54) is 0 Å². The van der Waals surface area contributed by atoms with Crippen LogP contribution < -0.4 is 10.6 Å². The lowest BCUT2D eigenvalue weighted by Gasteiger charge is -2.32. The molecule has 1 fully saturated rings. The van der Waals surface area contributed by atoms with Gasteiger partial charge in [-0.05, 0) is 50.7 Å². The Kier molecular flexibility index (Phi) is 5.72. The maximum Gasteiger partial charge on any atom is 0.433 e. The fraction of sp³-hybridized carbons (Fsp3) is 0.458. The zero-order valence-corrected chi connectivity index (χ0v) is 18.1. The standard InChI is InChI=1S/C24H26F3N5O/c25-24(26,27)22-12-20(17-6-1-2-7-18(17)32-22)30-15-4-3-5-16(11-15)31-23(33)14-8-9-19-21(10-14)29-13-28-19/h1-2,6-7,12-16H,3-5,8-11H2,(H,28,29)(H,30,32)(H,31,33)/t14?,15-,16+/m0/s1. The Morgan fingerprint density at radius 2 is 1.94 bits per heavy atom. The van der Waals surface area contributed by atoms with Crippen LogP contribution in [0.3, 0.4) is 0 Å². The summed E-state index contributed by atoms with van der Waals surface area (Å²) in [7, 11) is 0. The number of carbonyl (C=O) groups is 1. The van der Waals surface area contributed by atoms with Crippen molar-refractivity contribution >= 4 is 22.5 Å². The molecule has 9 heteroatoms. The molecule has 2 heterocycles. The van der Waals surface area contributed by atoms with Gasteiger partial charge >= 0.3 is 6.18 Å². The molecule has 2 aliphatic rings. The number of anilines is 1. The van der Waals surface area contributed by atoms with Gasteiger partial charge in [-0.1, -0.05) is 18.2 Å². The zero-order valence-electron chi connectivity index (χ0n) is 18.1. The number of carbonyl (C=O) groups excluding carboxylic acids is 1. The highest BCUT2D eigenvalue weighted by Gasteiger charge is 2.34. The maximum atomic E-state index is 13.4. The first-order chi connectivity index (χ1) is 15.9. The summed E-state index contributed by atoms with van der Waals surface area (Å²) < 4.78 is 40.2. The number of nitrogens with zero attached hydrogens (tertiary/aromatic N) is 2. The number of hydrogen-bond donors (Lipinski definition) is 3. The van der Waals surface area contributed by atoms with Crippen molar-refractivity contribution < 1.29 is 18.0 Å². The predicted octanol–water partition coefficient (Wildman–Crippen LogP) is 4.62. The van der Waals surface area contributed by atoms with E-state index in [4.69, 9.17) is 0 Å². The van der Waals surface area contributed by atoms with Crippen LogP contribution in [-0.4, -0.2) is 32.9 Å². The van der Waals surface area contributed by atoms with E-state index in [-0.39, 0.29) is 23.9 Å². The molecule has 174 valence electrons. The number of aromatic nitrogens is 3. The van der Waals surface area contributed by atoms with Crippen molar-refractivity contribution in [1.29, 1.82) is 0 Å². The Hall–Kier alpha value is -3.10. The molecule has 1 saturated carbocycles. The summed E-state index contributed by atoms with van der Waals surface area (Å²) in [5, 5.41) is 7.18. The second-order valence-electron chi connectivity index (χ2n) is 9.05. The molecule has 0 saturated heterocycles. The van der Waals surface area contributed by atoms with Gasteiger partial charge in [0.1, 0.15) is 5.69 Å². The van der Waals surface area contributed by atoms with Gasteiger partial charge in [-0.15, -0.1) is 0 Å². The van der Waals surface area contributed by atoms with Crippen LogP contribution >= 0.6 is 0 Å². The fourth-order valence-corrected chi connectivity index (χ4v) is 5.06. The van der Waals surface area contributed by atoms with Crippen LogP contribution in [0.2, 0.25) is 0 Å². The number of H-pyrrole nitrogens is 1. The molecule has 6 nitrogen and oxygen atoms in total. The minimum Gasteiger partial charge on any atom is -0.382 e. The largest absolute Gasteiger partial charge is 0.433 e. The summed E-state index contributed by atoms with van der Waals surface area (Å²) in [5.41, 5.74) is 1.92. The first-order valence-corrected chi connectivity index (χ1v) is 11.4. The van der Waals surface area contributed by atoms with E-state index in [2.05, 4.69) is 25.6 Å². The first-order valence-electron chi connectivity index (χ1n) is 11.4. The average molecular weight is 458 g/mol. The van der Waals surface area contributed by atoms with E-state index in [1.807, 2.05) is 0 Å². The number of halogens is 3. The van der Waals surface area contributed by atoms with E-state index in [9.17, 15) is 18.0 Å². The van der Waals surface area contributed by atoms with Crippen LogP contribution in [0.25, 0.3) is 10.9 Å². The molecule has 1 unspecified atom stereocenters. The van der Waals surface area contributed by atoms with Crippen molar-refractivity contribution in [2.75, 3.05) is 5.32 Å². The van der Waals surface area contributed by atoms with Crippen molar-refractivity contribution in [2.24, 2.45) is 5.92 Å². The van der Waals surface area contributed by atoms with E-state index >= 15 is 0 Å². The number of benzene rings is 1. The number of pyridine rings is 1. The van der Waals surface area contributed by atoms with E-state index in [0.29, 0.717) is 29.4 Å². The second kappa shape index (κ2) is 8.68. The van der Waals surface area contributed by atoms with E-state index in [0.717, 1.165) is 49.6 Å². The smallest absolute Gasteiger partial charge is 0.382 e. The highest BCUT2D eigenvalue weighted by atomic mass is 19.4. The number of imidazole rings is 1. The number of nitrogens with one attached hydrogen (secondary N) is 3. The first kappa shape index (κ1) is 21.7. The third kappa shape index (κ3) is 4.67. The number of fused-ring (bicyclic) bond motifs is 2. The third-order valence-electron chi connectivity index (χ3n) is 6.75. The molecule has 0 radical (unpaired) electrons. The van der Waals surface area contributed by atoms with Gasteiger partial charge in [0.05, 0.1) is 17.5 Å². The Morgan fingerprint density at radius 3 is 2.79 bits per heavy atom. The molecule has 0 spiro atoms. The number of para-hydroxylation sites is 1. The quantitative estimate of drug-likeness (QED) is 0.534. The second-order valence-corrected chi connectivity index (χ2v) is 9.05.